The number of fused-ring (bicyclic) bond motifs is 1. The molecular formula is C19H23F3N4O2S. The number of nitrogens with zero attached hydrogens (tertiary/aromatic N) is 2. The maximum absolute atomic E-state index is 12.8. The van der Waals surface area contributed by atoms with Crippen LogP contribution in [0.1, 0.15) is 40.2 Å². The highest BCUT2D eigenvalue weighted by molar-refractivity contribution is 7.20. The molecule has 0 radical (unpaired) electrons. The Morgan fingerprint density at radius 3 is 2.83 bits per heavy atom. The number of amides is 2. The Morgan fingerprint density at radius 1 is 1.38 bits per heavy atom. The fourth-order valence-corrected chi connectivity index (χ4v) is 4.65. The Labute approximate surface area is 170 Å². The van der Waals surface area contributed by atoms with Gasteiger partial charge in [0.05, 0.1) is 10.8 Å². The highest BCUT2D eigenvalue weighted by Crippen LogP contribution is 2.34. The third kappa shape index (κ3) is 5.05. The van der Waals surface area contributed by atoms with Gasteiger partial charge in [0.2, 0.25) is 5.91 Å². The van der Waals surface area contributed by atoms with Crippen LogP contribution in [0.5, 0.6) is 0 Å². The first kappa shape index (κ1) is 21.5. The second-order valence-electron chi connectivity index (χ2n) is 7.25. The van der Waals surface area contributed by atoms with Crippen LogP contribution in [0.2, 0.25) is 0 Å². The number of piperidine rings is 1. The lowest BCUT2D eigenvalue weighted by molar-refractivity contribution is -0.141. The van der Waals surface area contributed by atoms with Gasteiger partial charge in [-0.15, -0.1) is 11.3 Å². The molecule has 1 aliphatic rings. The van der Waals surface area contributed by atoms with Gasteiger partial charge >= 0.3 is 6.18 Å². The molecule has 0 bridgehead atoms. The molecule has 1 saturated heterocycles. The molecule has 3 N–H and O–H groups in total. The van der Waals surface area contributed by atoms with Gasteiger partial charge in [-0.3, -0.25) is 9.59 Å². The summed E-state index contributed by atoms with van der Waals surface area (Å²) in [5, 5.41) is 3.38. The van der Waals surface area contributed by atoms with Gasteiger partial charge in [-0.2, -0.15) is 13.2 Å². The van der Waals surface area contributed by atoms with E-state index in [0.29, 0.717) is 35.3 Å². The lowest BCUT2D eigenvalue weighted by atomic mass is 9.97. The minimum atomic E-state index is -4.52. The number of aryl methyl sites for hydroxylation is 1. The summed E-state index contributed by atoms with van der Waals surface area (Å²) in [6.45, 7) is 4.43. The summed E-state index contributed by atoms with van der Waals surface area (Å²) in [7, 11) is 0. The minimum Gasteiger partial charge on any atom is -0.369 e. The number of nitrogens with one attached hydrogen (secondary N) is 1. The third-order valence-corrected chi connectivity index (χ3v) is 6.35. The van der Waals surface area contributed by atoms with Crippen molar-refractivity contribution < 1.29 is 22.8 Å². The number of hydrogen-bond donors (Lipinski definition) is 2. The molecule has 0 spiro atoms. The Bertz CT molecular complexity index is 913. The summed E-state index contributed by atoms with van der Waals surface area (Å²) in [6.07, 6.45) is -2.07. The number of halogens is 3. The Kier molecular flexibility index (Phi) is 6.42. The average molecular weight is 428 g/mol. The monoisotopic (exact) mass is 428 g/mol. The van der Waals surface area contributed by atoms with Crippen molar-refractivity contribution in [2.75, 3.05) is 26.2 Å². The zero-order valence-corrected chi connectivity index (χ0v) is 16.8. The Morgan fingerprint density at radius 2 is 2.14 bits per heavy atom. The molecule has 6 nitrogen and oxygen atoms in total. The van der Waals surface area contributed by atoms with E-state index in [1.165, 1.54) is 6.07 Å². The summed E-state index contributed by atoms with van der Waals surface area (Å²) in [6, 6.07) is 2.29. The van der Waals surface area contributed by atoms with Gasteiger partial charge < -0.3 is 16.0 Å². The fourth-order valence-electron chi connectivity index (χ4n) is 3.55. The number of hydrogen-bond acceptors (Lipinski definition) is 5. The number of nitrogens with two attached hydrogens (primary N) is 1. The van der Waals surface area contributed by atoms with Gasteiger partial charge in [-0.25, -0.2) is 4.98 Å². The second-order valence-corrected chi connectivity index (χ2v) is 8.25. The maximum Gasteiger partial charge on any atom is 0.433 e. The van der Waals surface area contributed by atoms with E-state index in [0.717, 1.165) is 43.3 Å². The van der Waals surface area contributed by atoms with Crippen LogP contribution in [-0.2, 0) is 11.0 Å². The van der Waals surface area contributed by atoms with Gasteiger partial charge in [0, 0.05) is 18.5 Å². The van der Waals surface area contributed by atoms with Crippen LogP contribution < -0.4 is 11.1 Å². The molecule has 0 saturated carbocycles. The van der Waals surface area contributed by atoms with Gasteiger partial charge in [-0.1, -0.05) is 0 Å². The van der Waals surface area contributed by atoms with E-state index in [1.807, 2.05) is 0 Å². The number of rotatable bonds is 6. The largest absolute Gasteiger partial charge is 0.433 e. The lowest BCUT2D eigenvalue weighted by Gasteiger charge is -2.31. The van der Waals surface area contributed by atoms with Gasteiger partial charge in [0.1, 0.15) is 10.5 Å². The van der Waals surface area contributed by atoms with Crippen molar-refractivity contribution in [3.63, 3.8) is 0 Å². The molecule has 0 aliphatic carbocycles. The molecule has 1 aliphatic heterocycles. The molecule has 1 unspecified atom stereocenters. The van der Waals surface area contributed by atoms with Crippen molar-refractivity contribution in [1.29, 1.82) is 0 Å². The first-order valence-corrected chi connectivity index (χ1v) is 10.3. The first-order chi connectivity index (χ1) is 13.7. The normalized spacial score (nSPS) is 18.1. The molecule has 10 heteroatoms. The van der Waals surface area contributed by atoms with Crippen molar-refractivity contribution in [3.8, 4) is 0 Å². The van der Waals surface area contributed by atoms with Crippen molar-refractivity contribution in [3.05, 3.63) is 28.3 Å². The number of alkyl halides is 3. The van der Waals surface area contributed by atoms with Crippen molar-refractivity contribution in [2.24, 2.45) is 11.7 Å². The second kappa shape index (κ2) is 8.66. The zero-order valence-electron chi connectivity index (χ0n) is 16.0. The maximum atomic E-state index is 12.8. The Balaban J connectivity index is 1.56. The van der Waals surface area contributed by atoms with E-state index in [1.54, 1.807) is 6.92 Å². The van der Waals surface area contributed by atoms with Crippen LogP contribution >= 0.6 is 11.3 Å². The van der Waals surface area contributed by atoms with Crippen LogP contribution in [0, 0.1) is 12.8 Å². The number of pyridine rings is 1. The van der Waals surface area contributed by atoms with Crippen molar-refractivity contribution in [2.45, 2.75) is 32.4 Å². The summed E-state index contributed by atoms with van der Waals surface area (Å²) < 4.78 is 38.5. The number of aromatic nitrogens is 1. The molecule has 158 valence electrons. The van der Waals surface area contributed by atoms with E-state index in [4.69, 9.17) is 5.73 Å². The third-order valence-electron chi connectivity index (χ3n) is 5.14. The number of carbonyl (C=O) groups excluding carboxylic acids is 2. The topological polar surface area (TPSA) is 88.3 Å². The predicted octanol–water partition coefficient (Wildman–Crippen LogP) is 2.94. The standard InChI is InChI=1S/C19H23F3N4O2S/c1-11-13-5-6-14(19(20,21)22)25-18(13)29-15(11)17(28)24-7-3-9-26-8-2-4-12(10-26)16(23)27/h5-6,12H,2-4,7-10H2,1H3,(H2,23,27)(H,24,28). The van der Waals surface area contributed by atoms with E-state index in [-0.39, 0.29) is 22.6 Å². The predicted molar refractivity (Wildman–Crippen MR) is 105 cm³/mol. The summed E-state index contributed by atoms with van der Waals surface area (Å²) >= 11 is 0.967. The molecule has 3 heterocycles. The van der Waals surface area contributed by atoms with Gasteiger partial charge in [-0.05, 0) is 57.0 Å². The summed E-state index contributed by atoms with van der Waals surface area (Å²) in [4.78, 5) is 30.2. The average Bonchev–Trinajstić information content (AvgIpc) is 3.01. The van der Waals surface area contributed by atoms with Crippen LogP contribution in [0.3, 0.4) is 0 Å². The molecule has 2 amide bonds. The molecular weight excluding hydrogens is 405 g/mol. The SMILES string of the molecule is Cc1c(C(=O)NCCCN2CCCC(C(N)=O)C2)sc2nc(C(F)(F)F)ccc12. The molecule has 2 aromatic heterocycles. The van der Waals surface area contributed by atoms with Crippen LogP contribution in [0.4, 0.5) is 13.2 Å². The number of primary amides is 1. The first-order valence-electron chi connectivity index (χ1n) is 9.44. The molecule has 2 aromatic rings. The van der Waals surface area contributed by atoms with Crippen molar-refractivity contribution >= 4 is 33.4 Å². The minimum absolute atomic E-state index is 0.117. The highest BCUT2D eigenvalue weighted by Gasteiger charge is 2.33. The van der Waals surface area contributed by atoms with E-state index >= 15 is 0 Å². The van der Waals surface area contributed by atoms with E-state index < -0.39 is 11.9 Å². The number of carbonyl (C=O) groups is 2. The molecule has 1 fully saturated rings. The van der Waals surface area contributed by atoms with E-state index in [2.05, 4.69) is 15.2 Å². The number of thiophene rings is 1. The fraction of sp³-hybridized carbons (Fsp3) is 0.526. The quantitative estimate of drug-likeness (QED) is 0.693. The zero-order chi connectivity index (χ0) is 21.2. The number of likely N-dealkylation sites (tertiary alicyclic amines) is 1. The molecule has 0 aromatic carbocycles. The molecule has 29 heavy (non-hydrogen) atoms. The van der Waals surface area contributed by atoms with Gasteiger partial charge in [0.15, 0.2) is 0 Å². The Hall–Kier alpha value is -2.20. The lowest BCUT2D eigenvalue weighted by Crippen LogP contribution is -2.42. The summed E-state index contributed by atoms with van der Waals surface area (Å²) in [5.74, 6) is -0.702. The highest BCUT2D eigenvalue weighted by atomic mass is 32.1. The van der Waals surface area contributed by atoms with Crippen LogP contribution in [0.25, 0.3) is 10.2 Å². The summed E-state index contributed by atoms with van der Waals surface area (Å²) in [5.41, 5.74) is 5.04. The van der Waals surface area contributed by atoms with Crippen molar-refractivity contribution in [1.82, 2.24) is 15.2 Å². The van der Waals surface area contributed by atoms with Crippen LogP contribution in [0.15, 0.2) is 12.1 Å². The van der Waals surface area contributed by atoms with Crippen LogP contribution in [-0.4, -0.2) is 47.9 Å². The van der Waals surface area contributed by atoms with Gasteiger partial charge in [0.25, 0.3) is 5.91 Å². The molecule has 1 atom stereocenters. The molecule has 3 rings (SSSR count). The van der Waals surface area contributed by atoms with E-state index in [9.17, 15) is 22.8 Å². The smallest absolute Gasteiger partial charge is 0.369 e.